The quantitative estimate of drug-likeness (QED) is 0.607. The molecule has 7 heteroatoms. The predicted molar refractivity (Wildman–Crippen MR) is 89.6 cm³/mol. The molecule has 0 atom stereocenters. The van der Waals surface area contributed by atoms with Crippen molar-refractivity contribution in [3.8, 4) is 17.0 Å². The molecule has 1 heterocycles. The number of ether oxygens (including phenoxy) is 2. The van der Waals surface area contributed by atoms with Crippen molar-refractivity contribution in [2.45, 2.75) is 20.3 Å². The van der Waals surface area contributed by atoms with E-state index in [1.165, 1.54) is 6.07 Å². The molecule has 1 aromatic carbocycles. The molecule has 0 aliphatic carbocycles. The molecule has 0 amide bonds. The molecule has 0 saturated heterocycles. The molecule has 0 radical (unpaired) electrons. The van der Waals surface area contributed by atoms with E-state index in [4.69, 9.17) is 9.47 Å². The Morgan fingerprint density at radius 3 is 2.36 bits per heavy atom. The van der Waals surface area contributed by atoms with Crippen LogP contribution in [0.15, 0.2) is 36.8 Å². The second-order valence-corrected chi connectivity index (χ2v) is 5.19. The van der Waals surface area contributed by atoms with Gasteiger partial charge in [-0.25, -0.2) is 0 Å². The Morgan fingerprint density at radius 1 is 1.12 bits per heavy atom. The summed E-state index contributed by atoms with van der Waals surface area (Å²) in [7, 11) is 0. The lowest BCUT2D eigenvalue weighted by molar-refractivity contribution is -0.161. The van der Waals surface area contributed by atoms with Gasteiger partial charge in [-0.15, -0.1) is 0 Å². The number of phenols is 1. The molecule has 0 aliphatic rings. The van der Waals surface area contributed by atoms with E-state index in [-0.39, 0.29) is 25.4 Å². The number of carbonyl (C=O) groups excluding carboxylic acids is 2. The first-order valence-corrected chi connectivity index (χ1v) is 7.98. The van der Waals surface area contributed by atoms with Gasteiger partial charge in [0.05, 0.1) is 25.1 Å². The number of hydrogen-bond acceptors (Lipinski definition) is 7. The van der Waals surface area contributed by atoms with Crippen LogP contribution in [0.5, 0.6) is 5.75 Å². The van der Waals surface area contributed by atoms with Gasteiger partial charge in [-0.2, -0.15) is 0 Å². The maximum Gasteiger partial charge on any atom is 0.320 e. The van der Waals surface area contributed by atoms with Crippen LogP contribution in [-0.2, 0) is 25.5 Å². The van der Waals surface area contributed by atoms with Gasteiger partial charge >= 0.3 is 11.9 Å². The number of phenolic OH excluding ortho intramolecular Hbond substituents is 1. The molecule has 0 fully saturated rings. The number of benzene rings is 1. The summed E-state index contributed by atoms with van der Waals surface area (Å²) in [6, 6.07) is 4.85. The van der Waals surface area contributed by atoms with E-state index in [0.717, 1.165) is 0 Å². The van der Waals surface area contributed by atoms with Crippen LogP contribution in [0.25, 0.3) is 11.3 Å². The lowest BCUT2D eigenvalue weighted by Gasteiger charge is -2.15. The van der Waals surface area contributed by atoms with E-state index in [1.807, 2.05) is 0 Å². The molecule has 2 rings (SSSR count). The Labute approximate surface area is 145 Å². The molecule has 1 N–H and O–H groups in total. The fraction of sp³-hybridized carbons (Fsp3) is 0.333. The fourth-order valence-corrected chi connectivity index (χ4v) is 2.33. The van der Waals surface area contributed by atoms with Gasteiger partial charge in [-0.05, 0) is 44.0 Å². The number of rotatable bonds is 7. The van der Waals surface area contributed by atoms with Crippen LogP contribution in [0.4, 0.5) is 0 Å². The van der Waals surface area contributed by atoms with E-state index in [0.29, 0.717) is 16.8 Å². The van der Waals surface area contributed by atoms with Crippen molar-refractivity contribution in [1.82, 2.24) is 9.97 Å². The van der Waals surface area contributed by atoms with Gasteiger partial charge in [0.1, 0.15) is 5.75 Å². The Morgan fingerprint density at radius 2 is 1.80 bits per heavy atom. The topological polar surface area (TPSA) is 98.6 Å². The first-order chi connectivity index (χ1) is 12.1. The number of aromatic nitrogens is 2. The van der Waals surface area contributed by atoms with E-state index >= 15 is 0 Å². The van der Waals surface area contributed by atoms with Crippen molar-refractivity contribution < 1.29 is 24.2 Å². The summed E-state index contributed by atoms with van der Waals surface area (Å²) < 4.78 is 9.91. The lowest BCUT2D eigenvalue weighted by atomic mass is 9.96. The third-order valence-corrected chi connectivity index (χ3v) is 3.50. The van der Waals surface area contributed by atoms with Crippen molar-refractivity contribution in [2.24, 2.45) is 5.92 Å². The molecule has 25 heavy (non-hydrogen) atoms. The van der Waals surface area contributed by atoms with E-state index in [1.54, 1.807) is 44.6 Å². The number of hydrogen-bond donors (Lipinski definition) is 1. The van der Waals surface area contributed by atoms with Crippen LogP contribution in [0, 0.1) is 5.92 Å². The van der Waals surface area contributed by atoms with Crippen molar-refractivity contribution in [1.29, 1.82) is 0 Å². The number of esters is 2. The molecule has 2 aromatic rings. The van der Waals surface area contributed by atoms with Crippen molar-refractivity contribution in [3.63, 3.8) is 0 Å². The monoisotopic (exact) mass is 344 g/mol. The summed E-state index contributed by atoms with van der Waals surface area (Å²) >= 11 is 0. The Hall–Kier alpha value is -2.96. The van der Waals surface area contributed by atoms with Crippen LogP contribution in [0.2, 0.25) is 0 Å². The van der Waals surface area contributed by atoms with Gasteiger partial charge in [0.25, 0.3) is 0 Å². The zero-order valence-corrected chi connectivity index (χ0v) is 14.1. The number of aromatic hydroxyl groups is 1. The van der Waals surface area contributed by atoms with Gasteiger partial charge in [0, 0.05) is 18.0 Å². The number of nitrogens with zero attached hydrogens (tertiary/aromatic N) is 2. The van der Waals surface area contributed by atoms with Gasteiger partial charge in [0.2, 0.25) is 0 Å². The van der Waals surface area contributed by atoms with Gasteiger partial charge < -0.3 is 14.6 Å². The molecule has 0 aliphatic heterocycles. The SMILES string of the molecule is CCOC(=O)C(Cc1cc(-c2cnccn2)ccc1O)C(=O)OCC. The Bertz CT molecular complexity index is 716. The standard InChI is InChI=1S/C18H20N2O5/c1-3-24-17(22)14(18(23)25-4-2)10-13-9-12(5-6-16(13)21)15-11-19-7-8-20-15/h5-9,11,14,21H,3-4,10H2,1-2H3. The van der Waals surface area contributed by atoms with Crippen LogP contribution < -0.4 is 0 Å². The Kier molecular flexibility index (Phi) is 6.45. The number of carbonyl (C=O) groups is 2. The summed E-state index contributed by atoms with van der Waals surface area (Å²) in [6.45, 7) is 3.62. The summed E-state index contributed by atoms with van der Waals surface area (Å²) in [5.74, 6) is -2.51. The summed E-state index contributed by atoms with van der Waals surface area (Å²) in [5, 5.41) is 10.1. The second-order valence-electron chi connectivity index (χ2n) is 5.19. The van der Waals surface area contributed by atoms with E-state index in [2.05, 4.69) is 9.97 Å². The van der Waals surface area contributed by atoms with Gasteiger partial charge in [-0.1, -0.05) is 0 Å². The minimum atomic E-state index is -1.14. The smallest absolute Gasteiger partial charge is 0.320 e. The second kappa shape index (κ2) is 8.77. The summed E-state index contributed by atoms with van der Waals surface area (Å²) in [5.41, 5.74) is 1.76. The average Bonchev–Trinajstić information content (AvgIpc) is 2.62. The first-order valence-electron chi connectivity index (χ1n) is 7.98. The highest BCUT2D eigenvalue weighted by Gasteiger charge is 2.30. The molecular weight excluding hydrogens is 324 g/mol. The molecule has 0 unspecified atom stereocenters. The minimum Gasteiger partial charge on any atom is -0.508 e. The van der Waals surface area contributed by atoms with Gasteiger partial charge in [0.15, 0.2) is 5.92 Å². The predicted octanol–water partition coefficient (Wildman–Crippen LogP) is 2.13. The maximum atomic E-state index is 12.1. The highest BCUT2D eigenvalue weighted by atomic mass is 16.6. The zero-order valence-electron chi connectivity index (χ0n) is 14.1. The van der Waals surface area contributed by atoms with E-state index < -0.39 is 17.9 Å². The molecule has 132 valence electrons. The third kappa shape index (κ3) is 4.76. The normalized spacial score (nSPS) is 10.5. The maximum absolute atomic E-state index is 12.1. The van der Waals surface area contributed by atoms with Crippen LogP contribution >= 0.6 is 0 Å². The average molecular weight is 344 g/mol. The zero-order chi connectivity index (χ0) is 18.2. The molecule has 0 bridgehead atoms. The highest BCUT2D eigenvalue weighted by molar-refractivity contribution is 5.95. The summed E-state index contributed by atoms with van der Waals surface area (Å²) in [4.78, 5) is 32.4. The Balaban J connectivity index is 2.31. The molecular formula is C18H20N2O5. The molecule has 0 spiro atoms. The van der Waals surface area contributed by atoms with Gasteiger partial charge in [-0.3, -0.25) is 19.6 Å². The summed E-state index contributed by atoms with van der Waals surface area (Å²) in [6.07, 6.45) is 4.67. The third-order valence-electron chi connectivity index (χ3n) is 3.50. The van der Waals surface area contributed by atoms with Crippen molar-refractivity contribution in [3.05, 3.63) is 42.4 Å². The lowest BCUT2D eigenvalue weighted by Crippen LogP contribution is -2.30. The fourth-order valence-electron chi connectivity index (χ4n) is 2.33. The highest BCUT2D eigenvalue weighted by Crippen LogP contribution is 2.27. The van der Waals surface area contributed by atoms with Crippen molar-refractivity contribution >= 4 is 11.9 Å². The van der Waals surface area contributed by atoms with Crippen LogP contribution in [0.1, 0.15) is 19.4 Å². The van der Waals surface area contributed by atoms with Crippen LogP contribution in [0.3, 0.4) is 0 Å². The first kappa shape index (κ1) is 18.4. The van der Waals surface area contributed by atoms with Crippen molar-refractivity contribution in [2.75, 3.05) is 13.2 Å². The molecule has 1 aromatic heterocycles. The molecule has 7 nitrogen and oxygen atoms in total. The minimum absolute atomic E-state index is 0.0220. The van der Waals surface area contributed by atoms with E-state index in [9.17, 15) is 14.7 Å². The largest absolute Gasteiger partial charge is 0.508 e. The molecule has 0 saturated carbocycles. The van der Waals surface area contributed by atoms with Crippen LogP contribution in [-0.4, -0.2) is 40.2 Å².